The van der Waals surface area contributed by atoms with Crippen molar-refractivity contribution in [1.82, 2.24) is 10.6 Å². The quantitative estimate of drug-likeness (QED) is 0.361. The molecule has 3 N–H and O–H groups in total. The molecule has 1 aliphatic heterocycles. The van der Waals surface area contributed by atoms with Crippen LogP contribution >= 0.6 is 0 Å². The fourth-order valence-electron chi connectivity index (χ4n) is 1.10. The molecule has 0 saturated carbocycles. The molecule has 6 heteroatoms. The first-order chi connectivity index (χ1) is 6.20. The number of hydrogen-bond acceptors (Lipinski definition) is 4. The van der Waals surface area contributed by atoms with Crippen LogP contribution < -0.4 is 15.7 Å². The van der Waals surface area contributed by atoms with E-state index in [2.05, 4.69) is 10.6 Å². The minimum absolute atomic E-state index is 0.0958. The van der Waals surface area contributed by atoms with Crippen molar-refractivity contribution in [3.8, 4) is 0 Å². The highest BCUT2D eigenvalue weighted by Gasteiger charge is 2.24. The van der Waals surface area contributed by atoms with Gasteiger partial charge in [0.1, 0.15) is 0 Å². The molecule has 1 atom stereocenters. The largest absolute Gasteiger partial charge is 0.736 e. The molecule has 0 radical (unpaired) electrons. The third kappa shape index (κ3) is 1.90. The molecule has 1 rings (SSSR count). The average molecular weight is 186 g/mol. The molecule has 0 aromatic carbocycles. The highest BCUT2D eigenvalue weighted by atomic mass is 16.5. The van der Waals surface area contributed by atoms with E-state index in [1.165, 1.54) is 6.20 Å². The average Bonchev–Trinajstić information content (AvgIpc) is 2.34. The zero-order valence-electron chi connectivity index (χ0n) is 7.76. The highest BCUT2D eigenvalue weighted by molar-refractivity contribution is 5.67. The third-order valence-corrected chi connectivity index (χ3v) is 1.63. The Labute approximate surface area is 76.7 Å². The minimum atomic E-state index is -0.271. The van der Waals surface area contributed by atoms with Crippen LogP contribution in [-0.4, -0.2) is 23.8 Å². The van der Waals surface area contributed by atoms with E-state index in [4.69, 9.17) is 0 Å². The van der Waals surface area contributed by atoms with Gasteiger partial charge >= 0.3 is 5.96 Å². The van der Waals surface area contributed by atoms with Crippen LogP contribution in [0.25, 0.3) is 0 Å². The summed E-state index contributed by atoms with van der Waals surface area (Å²) in [6, 6.07) is 0. The van der Waals surface area contributed by atoms with E-state index >= 15 is 0 Å². The highest BCUT2D eigenvalue weighted by Crippen LogP contribution is 1.91. The first-order valence-electron chi connectivity index (χ1n) is 4.28. The number of rotatable bonds is 3. The lowest BCUT2D eigenvalue weighted by Crippen LogP contribution is -3.07. The number of guanidine groups is 1. The van der Waals surface area contributed by atoms with Gasteiger partial charge in [-0.05, 0) is 13.8 Å². The van der Waals surface area contributed by atoms with Crippen LogP contribution in [0.2, 0.25) is 0 Å². The van der Waals surface area contributed by atoms with E-state index in [9.17, 15) is 10.4 Å². The third-order valence-electron chi connectivity index (χ3n) is 1.63. The predicted octanol–water partition coefficient (Wildman–Crippen LogP) is -1.73. The van der Waals surface area contributed by atoms with Crippen LogP contribution in [0.3, 0.4) is 0 Å². The van der Waals surface area contributed by atoms with Gasteiger partial charge in [0, 0.05) is 0 Å². The molecule has 1 unspecified atom stereocenters. The smallest absolute Gasteiger partial charge is 0.400 e. The van der Waals surface area contributed by atoms with Crippen molar-refractivity contribution >= 4 is 5.96 Å². The molecule has 0 amide bonds. The van der Waals surface area contributed by atoms with E-state index in [-0.39, 0.29) is 11.0 Å². The Morgan fingerprint density at radius 3 is 2.54 bits per heavy atom. The molecule has 0 fully saturated rings. The first-order valence-corrected chi connectivity index (χ1v) is 4.28. The van der Waals surface area contributed by atoms with E-state index < -0.39 is 0 Å². The summed E-state index contributed by atoms with van der Waals surface area (Å²) in [4.78, 5) is 0. The lowest BCUT2D eigenvalue weighted by atomic mass is 10.7. The second kappa shape index (κ2) is 4.11. The summed E-state index contributed by atoms with van der Waals surface area (Å²) in [5.74, 6) is 0.405. The molecule has 74 valence electrons. The van der Waals surface area contributed by atoms with E-state index in [1.807, 2.05) is 13.8 Å². The zero-order chi connectivity index (χ0) is 9.84. The van der Waals surface area contributed by atoms with Gasteiger partial charge in [0.25, 0.3) is 5.82 Å². The maximum absolute atomic E-state index is 11.4. The Morgan fingerprint density at radius 1 is 1.38 bits per heavy atom. The van der Waals surface area contributed by atoms with Crippen LogP contribution in [0.15, 0.2) is 12.0 Å². The van der Waals surface area contributed by atoms with Crippen LogP contribution in [-0.2, 0) is 0 Å². The second-order valence-corrected chi connectivity index (χ2v) is 2.60. The van der Waals surface area contributed by atoms with Gasteiger partial charge < -0.3 is 15.7 Å². The summed E-state index contributed by atoms with van der Waals surface area (Å²) in [6.07, 6.45) is 1.30. The fourth-order valence-corrected chi connectivity index (χ4v) is 1.10. The molecule has 1 heterocycles. The van der Waals surface area contributed by atoms with Gasteiger partial charge in [-0.1, -0.05) is 0 Å². The molecule has 0 saturated heterocycles. The van der Waals surface area contributed by atoms with Gasteiger partial charge in [0.05, 0.1) is 13.1 Å². The lowest BCUT2D eigenvalue weighted by molar-refractivity contribution is -0.700. The lowest BCUT2D eigenvalue weighted by Gasteiger charge is -2.13. The zero-order valence-corrected chi connectivity index (χ0v) is 7.76. The van der Waals surface area contributed by atoms with E-state index in [0.29, 0.717) is 23.6 Å². The van der Waals surface area contributed by atoms with Crippen molar-refractivity contribution in [2.45, 2.75) is 13.8 Å². The van der Waals surface area contributed by atoms with Crippen molar-refractivity contribution in [2.75, 3.05) is 13.1 Å². The predicted molar refractivity (Wildman–Crippen MR) is 48.4 cm³/mol. The molecule has 13 heavy (non-hydrogen) atoms. The van der Waals surface area contributed by atoms with Crippen LogP contribution in [0.5, 0.6) is 0 Å². The van der Waals surface area contributed by atoms with Crippen LogP contribution in [0.4, 0.5) is 0 Å². The molecule has 1 aliphatic rings. The molecule has 0 bridgehead atoms. The Kier molecular flexibility index (Phi) is 3.10. The summed E-state index contributed by atoms with van der Waals surface area (Å²) in [5.41, 5.74) is 0. The van der Waals surface area contributed by atoms with Gasteiger partial charge in [0.15, 0.2) is 6.20 Å². The number of hydrogen-bond donors (Lipinski definition) is 3. The maximum atomic E-state index is 11.4. The summed E-state index contributed by atoms with van der Waals surface area (Å²) >= 11 is 0. The van der Waals surface area contributed by atoms with Gasteiger partial charge in [-0.25, -0.2) is 5.06 Å². The van der Waals surface area contributed by atoms with Gasteiger partial charge in [0.2, 0.25) is 0 Å². The first kappa shape index (κ1) is 9.82. The molecule has 6 nitrogen and oxygen atoms in total. The van der Waals surface area contributed by atoms with Crippen molar-refractivity contribution < 1.29 is 9.80 Å². The Bertz CT molecular complexity index is 249. The Hall–Kier alpha value is -1.27. The molecular weight excluding hydrogens is 172 g/mol. The van der Waals surface area contributed by atoms with Crippen LogP contribution in [0, 0.1) is 10.4 Å². The molecule has 0 aromatic rings. The fraction of sp³-hybridized carbons (Fsp3) is 0.571. The molecule has 0 spiro atoms. The monoisotopic (exact) mass is 186 g/mol. The van der Waals surface area contributed by atoms with Crippen molar-refractivity contribution in [3.05, 3.63) is 22.4 Å². The summed E-state index contributed by atoms with van der Waals surface area (Å²) in [6.45, 7) is 4.88. The van der Waals surface area contributed by atoms with Crippen LogP contribution in [0.1, 0.15) is 13.8 Å². The Morgan fingerprint density at radius 2 is 2.00 bits per heavy atom. The standard InChI is InChI=1S/C7H14N4O2/c1-3-8-6-5-10(12)7(9-4-2)11(6)13/h5,8-10H,3-4H2,1-2H3. The number of nitrogens with one attached hydrogen (secondary N) is 3. The van der Waals surface area contributed by atoms with Gasteiger partial charge in [-0.15, -0.1) is 0 Å². The van der Waals surface area contributed by atoms with E-state index in [0.717, 1.165) is 0 Å². The summed E-state index contributed by atoms with van der Waals surface area (Å²) in [5, 5.41) is 27.8. The molecule has 0 aliphatic carbocycles. The Balaban J connectivity index is 2.74. The number of hydroxylamine groups is 3. The summed E-state index contributed by atoms with van der Waals surface area (Å²) < 4.78 is 0.593. The van der Waals surface area contributed by atoms with Crippen molar-refractivity contribution in [3.63, 3.8) is 0 Å². The molecular formula is C7H14N4O2. The summed E-state index contributed by atoms with van der Waals surface area (Å²) in [7, 11) is 0. The normalized spacial score (nSPS) is 21.8. The van der Waals surface area contributed by atoms with Gasteiger partial charge in [-0.2, -0.15) is 4.74 Å². The minimum Gasteiger partial charge on any atom is -0.736 e. The number of nitrogens with zero attached hydrogens (tertiary/aromatic N) is 1. The second-order valence-electron chi connectivity index (χ2n) is 2.60. The maximum Gasteiger partial charge on any atom is 0.400 e. The van der Waals surface area contributed by atoms with Crippen molar-refractivity contribution in [1.29, 1.82) is 0 Å². The van der Waals surface area contributed by atoms with Crippen molar-refractivity contribution in [2.24, 2.45) is 0 Å². The topological polar surface area (TPSA) is 77.6 Å². The number of quaternary nitrogens is 1. The SMILES string of the molecule is CCNC1=C[NH+]([O-])C(NCC)=[N+]1[O-]. The molecule has 0 aromatic heterocycles. The van der Waals surface area contributed by atoms with E-state index in [1.54, 1.807) is 0 Å². The van der Waals surface area contributed by atoms with Gasteiger partial charge in [-0.3, -0.25) is 5.32 Å².